The van der Waals surface area contributed by atoms with Crippen LogP contribution in [-0.2, 0) is 4.79 Å². The second-order valence-corrected chi connectivity index (χ2v) is 4.84. The van der Waals surface area contributed by atoms with Crippen molar-refractivity contribution in [2.45, 2.75) is 6.04 Å². The standard InChI is InChI=1S/C15H13N3O6/c19-14(20)9-16-12-7-3-1-5-10(12)15(18(23)24)11-6-2-4-8-13(11)17(21)22/h1-8,15-16H,9H2,(H,19,20). The zero-order valence-electron chi connectivity index (χ0n) is 12.3. The number of nitro groups is 2. The van der Waals surface area contributed by atoms with Gasteiger partial charge in [0.15, 0.2) is 0 Å². The third kappa shape index (κ3) is 3.64. The van der Waals surface area contributed by atoms with E-state index in [4.69, 9.17) is 5.11 Å². The van der Waals surface area contributed by atoms with E-state index in [0.29, 0.717) is 0 Å². The van der Waals surface area contributed by atoms with Gasteiger partial charge < -0.3 is 10.4 Å². The Morgan fingerprint density at radius 2 is 1.62 bits per heavy atom. The molecule has 0 aromatic heterocycles. The maximum absolute atomic E-state index is 11.6. The van der Waals surface area contributed by atoms with E-state index >= 15 is 0 Å². The smallest absolute Gasteiger partial charge is 0.322 e. The number of benzene rings is 2. The topological polar surface area (TPSA) is 136 Å². The lowest BCUT2D eigenvalue weighted by Crippen LogP contribution is -2.18. The van der Waals surface area contributed by atoms with Gasteiger partial charge in [-0.15, -0.1) is 0 Å². The molecule has 0 aliphatic heterocycles. The van der Waals surface area contributed by atoms with Crippen LogP contribution in [0.15, 0.2) is 48.5 Å². The van der Waals surface area contributed by atoms with Gasteiger partial charge in [-0.3, -0.25) is 25.0 Å². The molecule has 0 aliphatic rings. The molecule has 2 aromatic rings. The quantitative estimate of drug-likeness (QED) is 0.587. The second-order valence-electron chi connectivity index (χ2n) is 4.84. The summed E-state index contributed by atoms with van der Waals surface area (Å²) in [6.45, 7) is -0.432. The van der Waals surface area contributed by atoms with Crippen molar-refractivity contribution in [3.05, 3.63) is 79.9 Å². The summed E-state index contributed by atoms with van der Waals surface area (Å²) >= 11 is 0. The number of nitrogens with one attached hydrogen (secondary N) is 1. The van der Waals surface area contributed by atoms with Gasteiger partial charge in [-0.05, 0) is 18.2 Å². The Balaban J connectivity index is 2.56. The zero-order chi connectivity index (χ0) is 17.7. The molecule has 124 valence electrons. The Morgan fingerprint density at radius 1 is 1.04 bits per heavy atom. The number of hydrogen-bond donors (Lipinski definition) is 2. The number of nitrogens with zero attached hydrogens (tertiary/aromatic N) is 2. The molecule has 2 aromatic carbocycles. The highest BCUT2D eigenvalue weighted by Gasteiger charge is 2.34. The largest absolute Gasteiger partial charge is 0.480 e. The molecule has 0 fully saturated rings. The average molecular weight is 331 g/mol. The van der Waals surface area contributed by atoms with Crippen LogP contribution in [0.2, 0.25) is 0 Å². The Bertz CT molecular complexity index is 792. The SMILES string of the molecule is O=C(O)CNc1ccccc1C(c1ccccc1[N+](=O)[O-])[N+](=O)[O-]. The minimum Gasteiger partial charge on any atom is -0.480 e. The molecule has 9 heteroatoms. The van der Waals surface area contributed by atoms with E-state index in [2.05, 4.69) is 5.32 Å². The lowest BCUT2D eigenvalue weighted by molar-refractivity contribution is -0.518. The molecule has 0 saturated carbocycles. The summed E-state index contributed by atoms with van der Waals surface area (Å²) in [6.07, 6.45) is 0. The van der Waals surface area contributed by atoms with Crippen molar-refractivity contribution in [3.63, 3.8) is 0 Å². The maximum atomic E-state index is 11.6. The van der Waals surface area contributed by atoms with E-state index in [9.17, 15) is 25.0 Å². The summed E-state index contributed by atoms with van der Waals surface area (Å²) in [6, 6.07) is 9.98. The molecule has 0 heterocycles. The predicted molar refractivity (Wildman–Crippen MR) is 84.5 cm³/mol. The number of carboxylic acids is 1. The van der Waals surface area contributed by atoms with Crippen LogP contribution < -0.4 is 5.32 Å². The predicted octanol–water partition coefficient (Wildman–Crippen LogP) is 2.46. The van der Waals surface area contributed by atoms with Crippen molar-refractivity contribution < 1.29 is 19.7 Å². The number of anilines is 1. The van der Waals surface area contributed by atoms with Gasteiger partial charge >= 0.3 is 5.97 Å². The van der Waals surface area contributed by atoms with Crippen LogP contribution in [0.5, 0.6) is 0 Å². The van der Waals surface area contributed by atoms with Crippen LogP contribution in [0.4, 0.5) is 11.4 Å². The molecule has 2 rings (SSSR count). The summed E-state index contributed by atoms with van der Waals surface area (Å²) in [4.78, 5) is 32.2. The Labute approximate surface area is 135 Å². The molecule has 0 radical (unpaired) electrons. The van der Waals surface area contributed by atoms with Crippen LogP contribution in [0.3, 0.4) is 0 Å². The van der Waals surface area contributed by atoms with Crippen LogP contribution in [0.1, 0.15) is 17.2 Å². The maximum Gasteiger partial charge on any atom is 0.322 e. The minimum atomic E-state index is -1.50. The third-order valence-corrected chi connectivity index (χ3v) is 3.32. The molecular weight excluding hydrogens is 318 g/mol. The second kappa shape index (κ2) is 7.18. The first kappa shape index (κ1) is 16.9. The van der Waals surface area contributed by atoms with Crippen LogP contribution in [-0.4, -0.2) is 27.5 Å². The number of aliphatic carboxylic acids is 1. The third-order valence-electron chi connectivity index (χ3n) is 3.32. The van der Waals surface area contributed by atoms with Crippen LogP contribution in [0.25, 0.3) is 0 Å². The fourth-order valence-corrected chi connectivity index (χ4v) is 2.35. The van der Waals surface area contributed by atoms with E-state index in [0.717, 1.165) is 0 Å². The van der Waals surface area contributed by atoms with Gasteiger partial charge in [-0.1, -0.05) is 24.3 Å². The van der Waals surface area contributed by atoms with E-state index in [1.54, 1.807) is 12.1 Å². The Hall–Kier alpha value is -3.49. The monoisotopic (exact) mass is 331 g/mol. The molecule has 0 aliphatic carbocycles. The molecule has 0 spiro atoms. The molecule has 0 amide bonds. The number of rotatable bonds is 7. The fraction of sp³-hybridized carbons (Fsp3) is 0.133. The Morgan fingerprint density at radius 3 is 2.21 bits per heavy atom. The van der Waals surface area contributed by atoms with Gasteiger partial charge in [-0.2, -0.15) is 0 Å². The van der Waals surface area contributed by atoms with Crippen molar-refractivity contribution in [2.75, 3.05) is 11.9 Å². The van der Waals surface area contributed by atoms with Crippen molar-refractivity contribution in [1.82, 2.24) is 0 Å². The summed E-state index contributed by atoms with van der Waals surface area (Å²) in [5, 5.41) is 34.1. The molecule has 1 unspecified atom stereocenters. The highest BCUT2D eigenvalue weighted by Crippen LogP contribution is 2.35. The lowest BCUT2D eigenvalue weighted by Gasteiger charge is -2.15. The van der Waals surface area contributed by atoms with Crippen molar-refractivity contribution >= 4 is 17.3 Å². The van der Waals surface area contributed by atoms with Gasteiger partial charge in [0.2, 0.25) is 0 Å². The minimum absolute atomic E-state index is 0.0722. The van der Waals surface area contributed by atoms with Crippen molar-refractivity contribution in [1.29, 1.82) is 0 Å². The summed E-state index contributed by atoms with van der Waals surface area (Å²) in [7, 11) is 0. The Kier molecular flexibility index (Phi) is 5.05. The van der Waals surface area contributed by atoms with E-state index in [1.165, 1.54) is 36.4 Å². The summed E-state index contributed by atoms with van der Waals surface area (Å²) in [5.74, 6) is -1.13. The number of nitro benzene ring substituents is 1. The number of hydrogen-bond acceptors (Lipinski definition) is 6. The zero-order valence-corrected chi connectivity index (χ0v) is 12.3. The highest BCUT2D eigenvalue weighted by atomic mass is 16.6. The number of carboxylic acid groups (broad SMARTS) is 1. The molecule has 0 saturated heterocycles. The van der Waals surface area contributed by atoms with Crippen molar-refractivity contribution in [2.24, 2.45) is 0 Å². The molecule has 24 heavy (non-hydrogen) atoms. The first-order chi connectivity index (χ1) is 11.4. The first-order valence-corrected chi connectivity index (χ1v) is 6.83. The molecule has 9 nitrogen and oxygen atoms in total. The van der Waals surface area contributed by atoms with Gasteiger partial charge in [0, 0.05) is 16.7 Å². The van der Waals surface area contributed by atoms with Crippen LogP contribution >= 0.6 is 0 Å². The van der Waals surface area contributed by atoms with E-state index in [-0.39, 0.29) is 22.5 Å². The van der Waals surface area contributed by atoms with Gasteiger partial charge in [0.25, 0.3) is 11.7 Å². The lowest BCUT2D eigenvalue weighted by atomic mass is 9.96. The molecule has 2 N–H and O–H groups in total. The van der Waals surface area contributed by atoms with Gasteiger partial charge in [0.1, 0.15) is 12.1 Å². The highest BCUT2D eigenvalue weighted by molar-refractivity contribution is 5.73. The fourth-order valence-electron chi connectivity index (χ4n) is 2.35. The molecule has 0 bridgehead atoms. The van der Waals surface area contributed by atoms with Gasteiger partial charge in [-0.25, -0.2) is 0 Å². The normalized spacial score (nSPS) is 11.5. The molecular formula is C15H13N3O6. The van der Waals surface area contributed by atoms with E-state index in [1.807, 2.05) is 0 Å². The first-order valence-electron chi connectivity index (χ1n) is 6.83. The molecule has 1 atom stereocenters. The summed E-state index contributed by atoms with van der Waals surface area (Å²) < 4.78 is 0. The average Bonchev–Trinajstić information content (AvgIpc) is 2.54. The number of carbonyl (C=O) groups is 1. The van der Waals surface area contributed by atoms with Gasteiger partial charge in [0.05, 0.1) is 10.5 Å². The van der Waals surface area contributed by atoms with Crippen LogP contribution in [0, 0.1) is 20.2 Å². The number of para-hydroxylation sites is 2. The van der Waals surface area contributed by atoms with E-state index < -0.39 is 28.4 Å². The van der Waals surface area contributed by atoms with Crippen molar-refractivity contribution in [3.8, 4) is 0 Å². The summed E-state index contributed by atoms with van der Waals surface area (Å²) in [5.41, 5.74) is -0.0536.